The molecule has 0 aromatic rings. The summed E-state index contributed by atoms with van der Waals surface area (Å²) in [6, 6.07) is 0.350. The Balaban J connectivity index is 2.09. The van der Waals surface area contributed by atoms with Gasteiger partial charge in [0, 0.05) is 41.9 Å². The molecule has 0 aromatic carbocycles. The molecule has 5 nitrogen and oxygen atoms in total. The first-order valence-electron chi connectivity index (χ1n) is 6.29. The normalized spacial score (nSPS) is 18.3. The average Bonchev–Trinajstić information content (AvgIpc) is 2.10. The predicted octanol–water partition coefficient (Wildman–Crippen LogP) is 0.964. The quantitative estimate of drug-likeness (QED) is 0.760. The van der Waals surface area contributed by atoms with Gasteiger partial charge in [-0.25, -0.2) is 4.79 Å². The molecule has 1 aliphatic rings. The molecule has 0 aromatic heterocycles. The van der Waals surface area contributed by atoms with Gasteiger partial charge in [0.15, 0.2) is 0 Å². The first kappa shape index (κ1) is 15.4. The van der Waals surface area contributed by atoms with Crippen LogP contribution in [0.1, 0.15) is 27.2 Å². The first-order valence-corrected chi connectivity index (χ1v) is 8.02. The standard InChI is InChI=1S/C12H24N2O3S/c1-12(2,3)17-11(15)14-8-10(9-14)13-6-5-7-18(4)16/h10,13H,5-9H2,1-4H3. The van der Waals surface area contributed by atoms with Crippen molar-refractivity contribution in [2.75, 3.05) is 31.6 Å². The molecule has 0 saturated carbocycles. The van der Waals surface area contributed by atoms with Crippen molar-refractivity contribution in [2.45, 2.75) is 38.8 Å². The number of carbonyl (C=O) groups excluding carboxylic acids is 1. The lowest BCUT2D eigenvalue weighted by Crippen LogP contribution is -2.60. The van der Waals surface area contributed by atoms with E-state index < -0.39 is 16.4 Å². The van der Waals surface area contributed by atoms with Crippen LogP contribution in [0.2, 0.25) is 0 Å². The summed E-state index contributed by atoms with van der Waals surface area (Å²) in [5.41, 5.74) is -0.430. The van der Waals surface area contributed by atoms with E-state index in [1.54, 1.807) is 11.2 Å². The summed E-state index contributed by atoms with van der Waals surface area (Å²) in [6.45, 7) is 7.85. The van der Waals surface area contributed by atoms with Gasteiger partial charge >= 0.3 is 6.09 Å². The Kier molecular flexibility index (Phi) is 5.59. The van der Waals surface area contributed by atoms with E-state index in [0.717, 1.165) is 18.7 Å². The highest BCUT2D eigenvalue weighted by molar-refractivity contribution is 7.84. The fourth-order valence-electron chi connectivity index (χ4n) is 1.66. The molecular weight excluding hydrogens is 252 g/mol. The van der Waals surface area contributed by atoms with Crippen LogP contribution in [0, 0.1) is 0 Å². The van der Waals surface area contributed by atoms with Crippen LogP contribution in [-0.2, 0) is 15.5 Å². The molecule has 1 amide bonds. The second-order valence-electron chi connectivity index (χ2n) is 5.67. The van der Waals surface area contributed by atoms with Crippen LogP contribution in [0.25, 0.3) is 0 Å². The van der Waals surface area contributed by atoms with E-state index in [1.807, 2.05) is 20.8 Å². The molecule has 106 valence electrons. The van der Waals surface area contributed by atoms with Crippen molar-refractivity contribution in [1.29, 1.82) is 0 Å². The second-order valence-corrected chi connectivity index (χ2v) is 7.22. The van der Waals surface area contributed by atoms with Gasteiger partial charge in [0.2, 0.25) is 0 Å². The smallest absolute Gasteiger partial charge is 0.410 e. The second kappa shape index (κ2) is 6.52. The van der Waals surface area contributed by atoms with Crippen LogP contribution >= 0.6 is 0 Å². The molecule has 1 fully saturated rings. The van der Waals surface area contributed by atoms with Gasteiger partial charge in [-0.05, 0) is 33.7 Å². The van der Waals surface area contributed by atoms with Crippen molar-refractivity contribution in [2.24, 2.45) is 0 Å². The maximum Gasteiger partial charge on any atom is 0.410 e. The molecule has 18 heavy (non-hydrogen) atoms. The summed E-state index contributed by atoms with van der Waals surface area (Å²) < 4.78 is 16.1. The fourth-order valence-corrected chi connectivity index (χ4v) is 2.22. The topological polar surface area (TPSA) is 58.6 Å². The summed E-state index contributed by atoms with van der Waals surface area (Å²) in [6.07, 6.45) is 2.38. The zero-order valence-corrected chi connectivity index (χ0v) is 12.5. The van der Waals surface area contributed by atoms with E-state index in [9.17, 15) is 9.00 Å². The Morgan fingerprint density at radius 3 is 2.56 bits per heavy atom. The molecule has 1 atom stereocenters. The lowest BCUT2D eigenvalue weighted by molar-refractivity contribution is 0.00541. The fraction of sp³-hybridized carbons (Fsp3) is 0.917. The molecule has 6 heteroatoms. The third-order valence-corrected chi connectivity index (χ3v) is 3.44. The van der Waals surface area contributed by atoms with Gasteiger partial charge in [-0.3, -0.25) is 4.21 Å². The Bertz CT molecular complexity index is 309. The summed E-state index contributed by atoms with van der Waals surface area (Å²) in [4.78, 5) is 13.3. The summed E-state index contributed by atoms with van der Waals surface area (Å²) in [7, 11) is -0.715. The Morgan fingerprint density at radius 2 is 2.06 bits per heavy atom. The molecular formula is C12H24N2O3S. The molecule has 0 radical (unpaired) electrons. The lowest BCUT2D eigenvalue weighted by atomic mass is 10.1. The molecule has 0 spiro atoms. The van der Waals surface area contributed by atoms with Gasteiger partial charge in [-0.15, -0.1) is 0 Å². The molecule has 1 aliphatic heterocycles. The number of rotatable bonds is 5. The maximum absolute atomic E-state index is 11.6. The van der Waals surface area contributed by atoms with E-state index in [2.05, 4.69) is 5.32 Å². The number of ether oxygens (including phenoxy) is 1. The third-order valence-electron chi connectivity index (χ3n) is 2.57. The SMILES string of the molecule is CS(=O)CCCNC1CN(C(=O)OC(C)(C)C)C1. The van der Waals surface area contributed by atoms with Gasteiger partial charge < -0.3 is 15.0 Å². The highest BCUT2D eigenvalue weighted by atomic mass is 32.2. The highest BCUT2D eigenvalue weighted by Gasteiger charge is 2.33. The van der Waals surface area contributed by atoms with Crippen LogP contribution in [0.3, 0.4) is 0 Å². The zero-order chi connectivity index (χ0) is 13.8. The van der Waals surface area contributed by atoms with Crippen molar-refractivity contribution < 1.29 is 13.7 Å². The van der Waals surface area contributed by atoms with Gasteiger partial charge in [0.25, 0.3) is 0 Å². The highest BCUT2D eigenvalue weighted by Crippen LogP contribution is 2.14. The van der Waals surface area contributed by atoms with Gasteiger partial charge in [-0.2, -0.15) is 0 Å². The predicted molar refractivity (Wildman–Crippen MR) is 73.1 cm³/mol. The lowest BCUT2D eigenvalue weighted by Gasteiger charge is -2.40. The van der Waals surface area contributed by atoms with Crippen molar-refractivity contribution in [3.8, 4) is 0 Å². The maximum atomic E-state index is 11.6. The largest absolute Gasteiger partial charge is 0.444 e. The minimum atomic E-state index is -0.715. The molecule has 0 aliphatic carbocycles. The summed E-state index contributed by atoms with van der Waals surface area (Å²) >= 11 is 0. The van der Waals surface area contributed by atoms with Crippen molar-refractivity contribution >= 4 is 16.9 Å². The van der Waals surface area contributed by atoms with Crippen LogP contribution in [-0.4, -0.2) is 58.5 Å². The first-order chi connectivity index (χ1) is 8.28. The van der Waals surface area contributed by atoms with Crippen LogP contribution < -0.4 is 5.32 Å². The van der Waals surface area contributed by atoms with Crippen molar-refractivity contribution in [1.82, 2.24) is 10.2 Å². The number of likely N-dealkylation sites (tertiary alicyclic amines) is 1. The summed E-state index contributed by atoms with van der Waals surface area (Å²) in [5.74, 6) is 0.732. The van der Waals surface area contributed by atoms with Gasteiger partial charge in [-0.1, -0.05) is 0 Å². The van der Waals surface area contributed by atoms with Gasteiger partial charge in [0.05, 0.1) is 0 Å². The van der Waals surface area contributed by atoms with Crippen LogP contribution in [0.4, 0.5) is 4.79 Å². The number of hydrogen-bond donors (Lipinski definition) is 1. The Morgan fingerprint density at radius 1 is 1.44 bits per heavy atom. The number of hydrogen-bond acceptors (Lipinski definition) is 4. The van der Waals surface area contributed by atoms with E-state index in [1.165, 1.54) is 0 Å². The van der Waals surface area contributed by atoms with Crippen molar-refractivity contribution in [3.63, 3.8) is 0 Å². The van der Waals surface area contributed by atoms with E-state index in [-0.39, 0.29) is 6.09 Å². The summed E-state index contributed by atoms with van der Waals surface area (Å²) in [5, 5.41) is 3.34. The van der Waals surface area contributed by atoms with E-state index in [0.29, 0.717) is 19.1 Å². The van der Waals surface area contributed by atoms with Crippen molar-refractivity contribution in [3.05, 3.63) is 0 Å². The van der Waals surface area contributed by atoms with E-state index in [4.69, 9.17) is 4.74 Å². The van der Waals surface area contributed by atoms with Crippen LogP contribution in [0.5, 0.6) is 0 Å². The molecule has 0 bridgehead atoms. The Labute approximate surface area is 112 Å². The number of nitrogens with one attached hydrogen (secondary N) is 1. The molecule has 1 heterocycles. The zero-order valence-electron chi connectivity index (χ0n) is 11.7. The minimum Gasteiger partial charge on any atom is -0.444 e. The minimum absolute atomic E-state index is 0.241. The molecule has 1 N–H and O–H groups in total. The van der Waals surface area contributed by atoms with Gasteiger partial charge in [0.1, 0.15) is 5.60 Å². The average molecular weight is 276 g/mol. The molecule has 1 rings (SSSR count). The Hall–Kier alpha value is -0.620. The third kappa shape index (κ3) is 5.82. The number of nitrogens with zero attached hydrogens (tertiary/aromatic N) is 1. The number of carbonyl (C=O) groups is 1. The monoisotopic (exact) mass is 276 g/mol. The molecule has 1 unspecified atom stereocenters. The number of amides is 1. The van der Waals surface area contributed by atoms with Crippen LogP contribution in [0.15, 0.2) is 0 Å². The molecule has 1 saturated heterocycles. The van der Waals surface area contributed by atoms with E-state index >= 15 is 0 Å².